The Labute approximate surface area is 173 Å². The molecule has 6 nitrogen and oxygen atoms in total. The molecule has 0 saturated carbocycles. The number of para-hydroxylation sites is 1. The van der Waals surface area contributed by atoms with Gasteiger partial charge in [0.2, 0.25) is 0 Å². The smallest absolute Gasteiger partial charge is 0.124 e. The van der Waals surface area contributed by atoms with Crippen molar-refractivity contribution >= 4 is 23.3 Å². The van der Waals surface area contributed by atoms with E-state index >= 15 is 0 Å². The maximum absolute atomic E-state index is 11.3. The summed E-state index contributed by atoms with van der Waals surface area (Å²) in [5.74, 6) is 0.213. The minimum Gasteiger partial charge on any atom is -0.507 e. The Morgan fingerprint density at radius 2 is 1.83 bits per heavy atom. The highest BCUT2D eigenvalue weighted by molar-refractivity contribution is 6.01. The van der Waals surface area contributed by atoms with Gasteiger partial charge >= 0.3 is 0 Å². The first-order valence-corrected chi connectivity index (χ1v) is 9.88. The summed E-state index contributed by atoms with van der Waals surface area (Å²) < 4.78 is 0. The van der Waals surface area contributed by atoms with E-state index in [-0.39, 0.29) is 5.75 Å². The van der Waals surface area contributed by atoms with Crippen LogP contribution in [0.25, 0.3) is 0 Å². The number of nitroso groups, excluding NO2 is 1. The van der Waals surface area contributed by atoms with E-state index in [0.29, 0.717) is 23.4 Å². The molecule has 154 valence electrons. The summed E-state index contributed by atoms with van der Waals surface area (Å²) in [5, 5.41) is 13.1. The molecule has 0 aliphatic carbocycles. The molecule has 0 bridgehead atoms. The van der Waals surface area contributed by atoms with E-state index in [9.17, 15) is 10.0 Å². The second-order valence-corrected chi connectivity index (χ2v) is 7.50. The third kappa shape index (κ3) is 5.98. The van der Waals surface area contributed by atoms with E-state index in [4.69, 9.17) is 0 Å². The summed E-state index contributed by atoms with van der Waals surface area (Å²) in [6.45, 7) is 12.2. The zero-order valence-corrected chi connectivity index (χ0v) is 17.9. The number of nitrogens with zero attached hydrogens (tertiary/aromatic N) is 4. The Morgan fingerprint density at radius 3 is 2.45 bits per heavy atom. The molecule has 0 unspecified atom stereocenters. The molecule has 2 rings (SSSR count). The molecule has 0 amide bonds. The van der Waals surface area contributed by atoms with Crippen LogP contribution < -0.4 is 4.90 Å². The van der Waals surface area contributed by atoms with E-state index < -0.39 is 5.54 Å². The molecule has 0 aliphatic rings. The van der Waals surface area contributed by atoms with Gasteiger partial charge in [-0.2, -0.15) is 0 Å². The van der Waals surface area contributed by atoms with Crippen molar-refractivity contribution in [2.45, 2.75) is 40.2 Å². The summed E-state index contributed by atoms with van der Waals surface area (Å²) >= 11 is 0. The Bertz CT molecular complexity index is 900. The SMILES string of the molecule is CCN(CC)c1ccc(C=NC(C)(C)CN=C(C)c2ccccc2O)c(N=O)c1. The quantitative estimate of drug-likeness (QED) is 0.460. The van der Waals surface area contributed by atoms with E-state index in [2.05, 4.69) is 33.9 Å². The topological polar surface area (TPSA) is 77.6 Å². The van der Waals surface area contributed by atoms with Crippen LogP contribution in [0, 0.1) is 4.91 Å². The molecule has 29 heavy (non-hydrogen) atoms. The molecule has 2 aromatic carbocycles. The first kappa shape index (κ1) is 22.3. The van der Waals surface area contributed by atoms with E-state index in [1.165, 1.54) is 0 Å². The summed E-state index contributed by atoms with van der Waals surface area (Å²) in [6, 6.07) is 12.8. The van der Waals surface area contributed by atoms with Crippen molar-refractivity contribution in [1.82, 2.24) is 0 Å². The van der Waals surface area contributed by atoms with Crippen LogP contribution in [0.2, 0.25) is 0 Å². The predicted octanol–water partition coefficient (Wildman–Crippen LogP) is 5.34. The first-order valence-electron chi connectivity index (χ1n) is 9.88. The highest BCUT2D eigenvalue weighted by Crippen LogP contribution is 2.26. The highest BCUT2D eigenvalue weighted by atomic mass is 16.3. The first-order chi connectivity index (χ1) is 13.8. The summed E-state index contributed by atoms with van der Waals surface area (Å²) in [4.78, 5) is 22.7. The van der Waals surface area contributed by atoms with Gasteiger partial charge < -0.3 is 10.0 Å². The molecular formula is C23H30N4O2. The lowest BCUT2D eigenvalue weighted by atomic mass is 10.1. The van der Waals surface area contributed by atoms with Crippen LogP contribution >= 0.6 is 0 Å². The number of phenols is 1. The molecule has 0 atom stereocenters. The van der Waals surface area contributed by atoms with Gasteiger partial charge in [-0.15, -0.1) is 4.91 Å². The maximum Gasteiger partial charge on any atom is 0.124 e. The predicted molar refractivity (Wildman–Crippen MR) is 122 cm³/mol. The van der Waals surface area contributed by atoms with Crippen molar-refractivity contribution in [3.8, 4) is 5.75 Å². The fourth-order valence-electron chi connectivity index (χ4n) is 2.97. The molecule has 0 fully saturated rings. The van der Waals surface area contributed by atoms with Gasteiger partial charge in [-0.1, -0.05) is 12.1 Å². The van der Waals surface area contributed by atoms with Crippen LogP contribution in [0.1, 0.15) is 45.7 Å². The van der Waals surface area contributed by atoms with Gasteiger partial charge in [-0.25, -0.2) is 0 Å². The molecule has 6 heteroatoms. The Morgan fingerprint density at radius 1 is 1.14 bits per heavy atom. The number of phenolic OH excluding ortho intramolecular Hbond substituents is 1. The number of hydrogen-bond donors (Lipinski definition) is 1. The molecule has 2 aromatic rings. The number of anilines is 1. The number of hydrogen-bond acceptors (Lipinski definition) is 6. The molecular weight excluding hydrogens is 364 g/mol. The standard InChI is InChI=1S/C23H30N4O2/c1-6-27(7-2)19-13-12-18(21(14-19)26-29)15-25-23(4,5)16-24-17(3)20-10-8-9-11-22(20)28/h8-15,28H,6-7,16H2,1-5H3. The lowest BCUT2D eigenvalue weighted by molar-refractivity contribution is 0.474. The molecule has 0 heterocycles. The maximum atomic E-state index is 11.3. The molecule has 0 spiro atoms. The number of rotatable bonds is 9. The van der Waals surface area contributed by atoms with E-state index in [0.717, 1.165) is 24.5 Å². The fraction of sp³-hybridized carbons (Fsp3) is 0.391. The second-order valence-electron chi connectivity index (χ2n) is 7.50. The van der Waals surface area contributed by atoms with Crippen molar-refractivity contribution in [3.63, 3.8) is 0 Å². The lowest BCUT2D eigenvalue weighted by Gasteiger charge is -2.21. The summed E-state index contributed by atoms with van der Waals surface area (Å²) in [7, 11) is 0. The van der Waals surface area contributed by atoms with Gasteiger partial charge in [-0.05, 0) is 70.1 Å². The van der Waals surface area contributed by atoms with Gasteiger partial charge in [0.05, 0.1) is 12.1 Å². The third-order valence-electron chi connectivity index (χ3n) is 4.79. The van der Waals surface area contributed by atoms with Crippen molar-refractivity contribution in [3.05, 3.63) is 58.5 Å². The van der Waals surface area contributed by atoms with Crippen LogP contribution in [0.5, 0.6) is 5.75 Å². The van der Waals surface area contributed by atoms with Crippen LogP contribution in [0.4, 0.5) is 11.4 Å². The Hall–Kier alpha value is -3.02. The number of aliphatic imine (C=N–C) groups is 2. The molecule has 0 saturated heterocycles. The fourth-order valence-corrected chi connectivity index (χ4v) is 2.97. The highest BCUT2D eigenvalue weighted by Gasteiger charge is 2.16. The Kier molecular flexibility index (Phi) is 7.65. The van der Waals surface area contributed by atoms with Crippen LogP contribution in [-0.4, -0.2) is 42.2 Å². The van der Waals surface area contributed by atoms with Crippen molar-refractivity contribution < 1.29 is 5.11 Å². The van der Waals surface area contributed by atoms with Crippen molar-refractivity contribution in [1.29, 1.82) is 0 Å². The van der Waals surface area contributed by atoms with Gasteiger partial charge in [0.1, 0.15) is 11.4 Å². The molecule has 0 radical (unpaired) electrons. The van der Waals surface area contributed by atoms with Crippen molar-refractivity contribution in [2.75, 3.05) is 24.5 Å². The zero-order chi connectivity index (χ0) is 21.4. The van der Waals surface area contributed by atoms with Gasteiger partial charge in [0.25, 0.3) is 0 Å². The van der Waals surface area contributed by atoms with Crippen LogP contribution in [0.3, 0.4) is 0 Å². The van der Waals surface area contributed by atoms with Gasteiger partial charge in [-0.3, -0.25) is 9.98 Å². The zero-order valence-electron chi connectivity index (χ0n) is 17.9. The van der Waals surface area contributed by atoms with E-state index in [1.807, 2.05) is 45.0 Å². The average Bonchev–Trinajstić information content (AvgIpc) is 2.72. The van der Waals surface area contributed by atoms with Crippen LogP contribution in [0.15, 0.2) is 57.6 Å². The summed E-state index contributed by atoms with van der Waals surface area (Å²) in [6.07, 6.45) is 1.69. The minimum absolute atomic E-state index is 0.213. The largest absolute Gasteiger partial charge is 0.507 e. The monoisotopic (exact) mass is 394 g/mol. The number of aromatic hydroxyl groups is 1. The Balaban J connectivity index is 2.18. The van der Waals surface area contributed by atoms with Gasteiger partial charge in [0, 0.05) is 41.8 Å². The van der Waals surface area contributed by atoms with E-state index in [1.54, 1.807) is 24.4 Å². The molecule has 1 N–H and O–H groups in total. The van der Waals surface area contributed by atoms with Gasteiger partial charge in [0.15, 0.2) is 0 Å². The minimum atomic E-state index is -0.469. The number of benzene rings is 2. The molecule has 0 aliphatic heterocycles. The lowest BCUT2D eigenvalue weighted by Crippen LogP contribution is -2.22. The van der Waals surface area contributed by atoms with Crippen LogP contribution in [-0.2, 0) is 0 Å². The summed E-state index contributed by atoms with van der Waals surface area (Å²) in [5.41, 5.74) is 3.04. The van der Waals surface area contributed by atoms with Crippen molar-refractivity contribution in [2.24, 2.45) is 15.2 Å². The second kappa shape index (κ2) is 9.96. The molecule has 0 aromatic heterocycles. The third-order valence-corrected chi connectivity index (χ3v) is 4.79. The average molecular weight is 395 g/mol. The normalized spacial score (nSPS) is 12.4.